The second kappa shape index (κ2) is 5.14. The van der Waals surface area contributed by atoms with Gasteiger partial charge in [-0.3, -0.25) is 9.78 Å². The lowest BCUT2D eigenvalue weighted by atomic mass is 10.3. The normalized spacial score (nSPS) is 14.5. The van der Waals surface area contributed by atoms with Crippen LogP contribution in [0.25, 0.3) is 0 Å². The van der Waals surface area contributed by atoms with Crippen molar-refractivity contribution in [2.24, 2.45) is 0 Å². The molecule has 1 aromatic heterocycles. The predicted molar refractivity (Wildman–Crippen MR) is 61.9 cm³/mol. The standard InChI is InChI=1S/C12H16N2O3/c1-17-10-4-5-13-11(8-10)12(16)14(6-7-15)9-2-3-9/h4-5,8-9,15H,2-3,6-7H2,1H3. The van der Waals surface area contributed by atoms with E-state index in [0.29, 0.717) is 18.0 Å². The Bertz CT molecular complexity index is 404. The molecule has 1 aliphatic rings. The summed E-state index contributed by atoms with van der Waals surface area (Å²) in [6.45, 7) is 0.342. The first-order chi connectivity index (χ1) is 8.26. The fourth-order valence-electron chi connectivity index (χ4n) is 1.75. The Morgan fingerprint density at radius 3 is 3.00 bits per heavy atom. The molecular formula is C12H16N2O3. The summed E-state index contributed by atoms with van der Waals surface area (Å²) in [6.07, 6.45) is 3.57. The molecule has 0 aliphatic heterocycles. The van der Waals surface area contributed by atoms with Gasteiger partial charge in [-0.15, -0.1) is 0 Å². The van der Waals surface area contributed by atoms with Crippen LogP contribution >= 0.6 is 0 Å². The fourth-order valence-corrected chi connectivity index (χ4v) is 1.75. The number of pyridine rings is 1. The predicted octanol–water partition coefficient (Wildman–Crippen LogP) is 0.687. The van der Waals surface area contributed by atoms with Crippen molar-refractivity contribution in [1.82, 2.24) is 9.88 Å². The monoisotopic (exact) mass is 236 g/mol. The van der Waals surface area contributed by atoms with Gasteiger partial charge in [-0.25, -0.2) is 0 Å². The topological polar surface area (TPSA) is 62.7 Å². The molecule has 1 N–H and O–H groups in total. The number of rotatable bonds is 5. The van der Waals surface area contributed by atoms with Crippen LogP contribution in [0.15, 0.2) is 18.3 Å². The zero-order valence-corrected chi connectivity index (χ0v) is 9.80. The molecule has 1 saturated carbocycles. The van der Waals surface area contributed by atoms with Crippen molar-refractivity contribution >= 4 is 5.91 Å². The van der Waals surface area contributed by atoms with Crippen molar-refractivity contribution in [1.29, 1.82) is 0 Å². The van der Waals surface area contributed by atoms with Gasteiger partial charge in [-0.05, 0) is 18.9 Å². The maximum absolute atomic E-state index is 12.2. The highest BCUT2D eigenvalue weighted by Gasteiger charge is 2.33. The Kier molecular flexibility index (Phi) is 3.58. The zero-order valence-electron chi connectivity index (χ0n) is 9.80. The van der Waals surface area contributed by atoms with Crippen molar-refractivity contribution < 1.29 is 14.6 Å². The summed E-state index contributed by atoms with van der Waals surface area (Å²) in [5.74, 6) is 0.476. The van der Waals surface area contributed by atoms with E-state index in [1.165, 1.54) is 0 Å². The number of aliphatic hydroxyl groups is 1. The van der Waals surface area contributed by atoms with E-state index in [1.807, 2.05) is 0 Å². The number of hydrogen-bond acceptors (Lipinski definition) is 4. The van der Waals surface area contributed by atoms with Crippen LogP contribution in [0.3, 0.4) is 0 Å². The van der Waals surface area contributed by atoms with E-state index in [9.17, 15) is 4.79 Å². The summed E-state index contributed by atoms with van der Waals surface area (Å²) in [7, 11) is 1.55. The molecule has 1 fully saturated rings. The van der Waals surface area contributed by atoms with Crippen molar-refractivity contribution in [3.8, 4) is 5.75 Å². The lowest BCUT2D eigenvalue weighted by Gasteiger charge is -2.20. The number of aliphatic hydroxyl groups excluding tert-OH is 1. The molecule has 92 valence electrons. The average Bonchev–Trinajstić information content (AvgIpc) is 3.19. The maximum atomic E-state index is 12.2. The van der Waals surface area contributed by atoms with Gasteiger partial charge >= 0.3 is 0 Å². The first kappa shape index (κ1) is 11.9. The van der Waals surface area contributed by atoms with Gasteiger partial charge in [0.25, 0.3) is 5.91 Å². The number of amides is 1. The van der Waals surface area contributed by atoms with Gasteiger partial charge in [0.2, 0.25) is 0 Å². The van der Waals surface area contributed by atoms with Crippen molar-refractivity contribution in [3.05, 3.63) is 24.0 Å². The second-order valence-corrected chi connectivity index (χ2v) is 4.03. The highest BCUT2D eigenvalue weighted by Crippen LogP contribution is 2.28. The number of nitrogens with zero attached hydrogens (tertiary/aromatic N) is 2. The molecule has 1 aliphatic carbocycles. The molecule has 1 aromatic rings. The fraction of sp³-hybridized carbons (Fsp3) is 0.500. The van der Waals surface area contributed by atoms with Crippen molar-refractivity contribution in [2.45, 2.75) is 18.9 Å². The summed E-state index contributed by atoms with van der Waals surface area (Å²) in [5.41, 5.74) is 0.365. The molecule has 2 rings (SSSR count). The summed E-state index contributed by atoms with van der Waals surface area (Å²) in [5, 5.41) is 8.97. The minimum atomic E-state index is -0.138. The molecule has 0 spiro atoms. The van der Waals surface area contributed by atoms with Crippen LogP contribution in [0.5, 0.6) is 5.75 Å². The molecule has 0 radical (unpaired) electrons. The van der Waals surface area contributed by atoms with E-state index in [2.05, 4.69) is 4.98 Å². The van der Waals surface area contributed by atoms with Crippen LogP contribution in [0.2, 0.25) is 0 Å². The minimum Gasteiger partial charge on any atom is -0.497 e. The number of carbonyl (C=O) groups is 1. The van der Waals surface area contributed by atoms with Gasteiger partial charge in [0.1, 0.15) is 11.4 Å². The molecule has 0 bridgehead atoms. The van der Waals surface area contributed by atoms with E-state index >= 15 is 0 Å². The highest BCUT2D eigenvalue weighted by atomic mass is 16.5. The molecule has 0 atom stereocenters. The van der Waals surface area contributed by atoms with Gasteiger partial charge in [-0.2, -0.15) is 0 Å². The summed E-state index contributed by atoms with van der Waals surface area (Å²) >= 11 is 0. The van der Waals surface area contributed by atoms with Crippen molar-refractivity contribution in [2.75, 3.05) is 20.3 Å². The van der Waals surface area contributed by atoms with E-state index in [0.717, 1.165) is 12.8 Å². The number of methoxy groups -OCH3 is 1. The lowest BCUT2D eigenvalue weighted by molar-refractivity contribution is 0.0701. The molecular weight excluding hydrogens is 220 g/mol. The van der Waals surface area contributed by atoms with Crippen LogP contribution in [0, 0.1) is 0 Å². The zero-order chi connectivity index (χ0) is 12.3. The van der Waals surface area contributed by atoms with E-state index in [-0.39, 0.29) is 18.6 Å². The van der Waals surface area contributed by atoms with Crippen LogP contribution in [0.1, 0.15) is 23.3 Å². The molecule has 17 heavy (non-hydrogen) atoms. The highest BCUT2D eigenvalue weighted by molar-refractivity contribution is 5.93. The Morgan fingerprint density at radius 1 is 1.65 bits per heavy atom. The smallest absolute Gasteiger partial charge is 0.272 e. The number of carbonyl (C=O) groups excluding carboxylic acids is 1. The van der Waals surface area contributed by atoms with Crippen LogP contribution < -0.4 is 4.74 Å². The van der Waals surface area contributed by atoms with Gasteiger partial charge in [0.05, 0.1) is 13.7 Å². The van der Waals surface area contributed by atoms with Crippen molar-refractivity contribution in [3.63, 3.8) is 0 Å². The average molecular weight is 236 g/mol. The first-order valence-corrected chi connectivity index (χ1v) is 5.68. The Hall–Kier alpha value is -1.62. The maximum Gasteiger partial charge on any atom is 0.272 e. The molecule has 1 heterocycles. The minimum absolute atomic E-state index is 0.0216. The summed E-state index contributed by atoms with van der Waals surface area (Å²) in [4.78, 5) is 17.9. The Morgan fingerprint density at radius 2 is 2.41 bits per heavy atom. The Labute approximate surface area is 100 Å². The largest absolute Gasteiger partial charge is 0.497 e. The van der Waals surface area contributed by atoms with Crippen LogP contribution in [0.4, 0.5) is 0 Å². The lowest BCUT2D eigenvalue weighted by Crippen LogP contribution is -2.35. The number of ether oxygens (including phenoxy) is 1. The molecule has 5 heteroatoms. The molecule has 0 aromatic carbocycles. The second-order valence-electron chi connectivity index (χ2n) is 4.03. The quantitative estimate of drug-likeness (QED) is 0.817. The molecule has 0 saturated heterocycles. The summed E-state index contributed by atoms with van der Waals surface area (Å²) in [6, 6.07) is 3.59. The molecule has 5 nitrogen and oxygen atoms in total. The number of hydrogen-bond donors (Lipinski definition) is 1. The third kappa shape index (κ3) is 2.74. The van der Waals surface area contributed by atoms with Gasteiger partial charge < -0.3 is 14.7 Å². The van der Waals surface area contributed by atoms with E-state index < -0.39 is 0 Å². The third-order valence-electron chi connectivity index (χ3n) is 2.78. The number of aromatic nitrogens is 1. The van der Waals surface area contributed by atoms with Gasteiger partial charge in [0.15, 0.2) is 0 Å². The van der Waals surface area contributed by atoms with E-state index in [1.54, 1.807) is 30.3 Å². The van der Waals surface area contributed by atoms with Crippen LogP contribution in [-0.2, 0) is 0 Å². The SMILES string of the molecule is COc1ccnc(C(=O)N(CCO)C2CC2)c1. The van der Waals surface area contributed by atoms with E-state index in [4.69, 9.17) is 9.84 Å². The van der Waals surface area contributed by atoms with Gasteiger partial charge in [0, 0.05) is 24.8 Å². The Balaban J connectivity index is 2.15. The molecule has 1 amide bonds. The van der Waals surface area contributed by atoms with Crippen LogP contribution in [-0.4, -0.2) is 47.2 Å². The molecule has 0 unspecified atom stereocenters. The first-order valence-electron chi connectivity index (χ1n) is 5.68. The van der Waals surface area contributed by atoms with Gasteiger partial charge in [-0.1, -0.05) is 0 Å². The summed E-state index contributed by atoms with van der Waals surface area (Å²) < 4.78 is 5.06. The third-order valence-corrected chi connectivity index (χ3v) is 2.78.